The van der Waals surface area contributed by atoms with E-state index in [0.29, 0.717) is 0 Å². The SMILES string of the molecule is CCCCCC1CCC([C@H]2CC[C@](F)(CCCCC)CC2)CC1. The zero-order chi connectivity index (χ0) is 16.5. The van der Waals surface area contributed by atoms with Crippen molar-refractivity contribution < 1.29 is 4.39 Å². The van der Waals surface area contributed by atoms with Gasteiger partial charge in [0.25, 0.3) is 0 Å². The van der Waals surface area contributed by atoms with Crippen molar-refractivity contribution in [3.63, 3.8) is 0 Å². The number of hydrogen-bond donors (Lipinski definition) is 0. The number of unbranched alkanes of at least 4 members (excludes halogenated alkanes) is 4. The predicted molar refractivity (Wildman–Crippen MR) is 99.5 cm³/mol. The summed E-state index contributed by atoms with van der Waals surface area (Å²) >= 11 is 0. The Morgan fingerprint density at radius 2 is 1.30 bits per heavy atom. The van der Waals surface area contributed by atoms with E-state index in [4.69, 9.17) is 0 Å². The van der Waals surface area contributed by atoms with Crippen LogP contribution >= 0.6 is 0 Å². The highest BCUT2D eigenvalue weighted by Gasteiger charge is 2.38. The van der Waals surface area contributed by atoms with E-state index in [0.717, 1.165) is 43.4 Å². The maximum Gasteiger partial charge on any atom is 0.111 e. The first-order valence-corrected chi connectivity index (χ1v) is 10.9. The molecular formula is C22H41F. The second-order valence-corrected chi connectivity index (χ2v) is 8.72. The minimum atomic E-state index is -0.803. The van der Waals surface area contributed by atoms with Gasteiger partial charge in [-0.2, -0.15) is 0 Å². The lowest BCUT2D eigenvalue weighted by Gasteiger charge is -2.40. The molecule has 2 aliphatic carbocycles. The number of rotatable bonds is 9. The van der Waals surface area contributed by atoms with Crippen molar-refractivity contribution >= 4 is 0 Å². The summed E-state index contributed by atoms with van der Waals surface area (Å²) in [7, 11) is 0. The van der Waals surface area contributed by atoms with E-state index < -0.39 is 5.67 Å². The summed E-state index contributed by atoms with van der Waals surface area (Å²) in [4.78, 5) is 0. The van der Waals surface area contributed by atoms with Gasteiger partial charge in [0, 0.05) is 0 Å². The van der Waals surface area contributed by atoms with Crippen molar-refractivity contribution in [2.45, 2.75) is 122 Å². The highest BCUT2D eigenvalue weighted by Crippen LogP contribution is 2.45. The molecule has 0 aromatic carbocycles. The van der Waals surface area contributed by atoms with Crippen LogP contribution in [0.2, 0.25) is 0 Å². The van der Waals surface area contributed by atoms with E-state index in [2.05, 4.69) is 13.8 Å². The van der Waals surface area contributed by atoms with Gasteiger partial charge in [-0.05, 0) is 62.7 Å². The average molecular weight is 325 g/mol. The molecule has 2 aliphatic rings. The third-order valence-corrected chi connectivity index (χ3v) is 6.93. The maximum absolute atomic E-state index is 14.9. The van der Waals surface area contributed by atoms with E-state index in [1.165, 1.54) is 77.0 Å². The molecule has 136 valence electrons. The van der Waals surface area contributed by atoms with Crippen LogP contribution < -0.4 is 0 Å². The fourth-order valence-electron chi connectivity index (χ4n) is 5.20. The Kier molecular flexibility index (Phi) is 8.41. The molecule has 0 amide bonds. The Morgan fingerprint density at radius 1 is 0.739 bits per heavy atom. The normalized spacial score (nSPS) is 35.3. The molecule has 0 aliphatic heterocycles. The van der Waals surface area contributed by atoms with Crippen LogP contribution in [0.15, 0.2) is 0 Å². The topological polar surface area (TPSA) is 0 Å². The van der Waals surface area contributed by atoms with Crippen molar-refractivity contribution in [1.29, 1.82) is 0 Å². The summed E-state index contributed by atoms with van der Waals surface area (Å²) in [5.74, 6) is 2.79. The molecule has 0 bridgehead atoms. The molecule has 0 aromatic rings. The molecule has 23 heavy (non-hydrogen) atoms. The first kappa shape index (κ1) is 19.3. The Bertz CT molecular complexity index is 295. The van der Waals surface area contributed by atoms with Crippen LogP contribution in [0.5, 0.6) is 0 Å². The standard InChI is InChI=1S/C22H41F/c1-3-5-7-9-19-10-12-20(13-11-19)21-14-17-22(23,18-15-21)16-8-6-4-2/h19-21H,3-18H2,1-2H3/t19?,20?,21-,22+. The lowest BCUT2D eigenvalue weighted by molar-refractivity contribution is 0.0456. The highest BCUT2D eigenvalue weighted by atomic mass is 19.1. The van der Waals surface area contributed by atoms with Crippen LogP contribution in [0.25, 0.3) is 0 Å². The molecule has 0 unspecified atom stereocenters. The van der Waals surface area contributed by atoms with E-state index in [-0.39, 0.29) is 0 Å². The van der Waals surface area contributed by atoms with E-state index in [9.17, 15) is 4.39 Å². The van der Waals surface area contributed by atoms with Gasteiger partial charge in [-0.3, -0.25) is 0 Å². The van der Waals surface area contributed by atoms with Gasteiger partial charge in [-0.15, -0.1) is 0 Å². The monoisotopic (exact) mass is 324 g/mol. The third kappa shape index (κ3) is 6.39. The van der Waals surface area contributed by atoms with E-state index in [1.54, 1.807) is 0 Å². The quantitative estimate of drug-likeness (QED) is 0.379. The van der Waals surface area contributed by atoms with Gasteiger partial charge in [0.2, 0.25) is 0 Å². The highest BCUT2D eigenvalue weighted by molar-refractivity contribution is 4.89. The van der Waals surface area contributed by atoms with Crippen molar-refractivity contribution in [2.75, 3.05) is 0 Å². The Hall–Kier alpha value is -0.0700. The molecule has 0 aromatic heterocycles. The minimum Gasteiger partial charge on any atom is -0.244 e. The van der Waals surface area contributed by atoms with Gasteiger partial charge >= 0.3 is 0 Å². The molecule has 0 atom stereocenters. The lowest BCUT2D eigenvalue weighted by Crippen LogP contribution is -2.33. The molecule has 0 spiro atoms. The van der Waals surface area contributed by atoms with E-state index >= 15 is 0 Å². The van der Waals surface area contributed by atoms with Crippen LogP contribution in [-0.2, 0) is 0 Å². The summed E-state index contributed by atoms with van der Waals surface area (Å²) < 4.78 is 14.9. The predicted octanol–water partition coefficient (Wildman–Crippen LogP) is 7.85. The number of hydrogen-bond acceptors (Lipinski definition) is 0. The Morgan fingerprint density at radius 3 is 1.91 bits per heavy atom. The molecule has 0 radical (unpaired) electrons. The first-order valence-electron chi connectivity index (χ1n) is 10.9. The molecule has 0 N–H and O–H groups in total. The fraction of sp³-hybridized carbons (Fsp3) is 1.00. The van der Waals surface area contributed by atoms with E-state index in [1.807, 2.05) is 0 Å². The first-order chi connectivity index (χ1) is 11.2. The summed E-state index contributed by atoms with van der Waals surface area (Å²) in [6.45, 7) is 4.51. The van der Waals surface area contributed by atoms with Crippen molar-refractivity contribution in [2.24, 2.45) is 17.8 Å². The van der Waals surface area contributed by atoms with Gasteiger partial charge in [-0.25, -0.2) is 4.39 Å². The van der Waals surface area contributed by atoms with Gasteiger partial charge < -0.3 is 0 Å². The van der Waals surface area contributed by atoms with Crippen LogP contribution in [0.4, 0.5) is 4.39 Å². The smallest absolute Gasteiger partial charge is 0.111 e. The Balaban J connectivity index is 1.64. The maximum atomic E-state index is 14.9. The minimum absolute atomic E-state index is 0.803. The van der Waals surface area contributed by atoms with Crippen molar-refractivity contribution in [1.82, 2.24) is 0 Å². The zero-order valence-corrected chi connectivity index (χ0v) is 15.9. The second kappa shape index (κ2) is 10.0. The molecule has 2 rings (SSSR count). The van der Waals surface area contributed by atoms with Gasteiger partial charge in [0.15, 0.2) is 0 Å². The van der Waals surface area contributed by atoms with Crippen LogP contribution in [0.1, 0.15) is 117 Å². The van der Waals surface area contributed by atoms with Crippen LogP contribution in [0.3, 0.4) is 0 Å². The molecule has 1 heteroatoms. The Labute approximate surface area is 145 Å². The van der Waals surface area contributed by atoms with Crippen LogP contribution in [-0.4, -0.2) is 5.67 Å². The van der Waals surface area contributed by atoms with Crippen molar-refractivity contribution in [3.8, 4) is 0 Å². The van der Waals surface area contributed by atoms with Crippen molar-refractivity contribution in [3.05, 3.63) is 0 Å². The summed E-state index contributed by atoms with van der Waals surface area (Å²) in [5, 5.41) is 0. The van der Waals surface area contributed by atoms with Gasteiger partial charge in [-0.1, -0.05) is 71.6 Å². The van der Waals surface area contributed by atoms with Crippen LogP contribution in [0, 0.1) is 17.8 Å². The summed E-state index contributed by atoms with van der Waals surface area (Å²) in [5.41, 5.74) is -0.803. The molecule has 2 fully saturated rings. The molecular weight excluding hydrogens is 283 g/mol. The molecule has 0 saturated heterocycles. The molecule has 2 saturated carbocycles. The average Bonchev–Trinajstić information content (AvgIpc) is 2.57. The molecule has 0 nitrogen and oxygen atoms in total. The number of halogens is 1. The second-order valence-electron chi connectivity index (χ2n) is 8.72. The number of alkyl halides is 1. The summed E-state index contributed by atoms with van der Waals surface area (Å²) in [6, 6.07) is 0. The fourth-order valence-corrected chi connectivity index (χ4v) is 5.20. The molecule has 0 heterocycles. The largest absolute Gasteiger partial charge is 0.244 e. The third-order valence-electron chi connectivity index (χ3n) is 6.93. The van der Waals surface area contributed by atoms with Gasteiger partial charge in [0.1, 0.15) is 5.67 Å². The lowest BCUT2D eigenvalue weighted by atomic mass is 9.67. The van der Waals surface area contributed by atoms with Gasteiger partial charge in [0.05, 0.1) is 0 Å². The summed E-state index contributed by atoms with van der Waals surface area (Å²) in [6.07, 6.45) is 19.9. The zero-order valence-electron chi connectivity index (χ0n) is 15.9.